The first-order chi connectivity index (χ1) is 10.8. The molecule has 4 rings (SSSR count). The predicted octanol–water partition coefficient (Wildman–Crippen LogP) is 2.31. The number of allylic oxidation sites excluding steroid dienone is 2. The van der Waals surface area contributed by atoms with E-state index in [1.54, 1.807) is 11.8 Å². The van der Waals surface area contributed by atoms with Crippen LogP contribution in [0.15, 0.2) is 41.9 Å². The van der Waals surface area contributed by atoms with E-state index in [1.165, 1.54) is 6.33 Å². The Bertz CT molecular complexity index is 778. The van der Waals surface area contributed by atoms with Crippen molar-refractivity contribution in [2.45, 2.75) is 25.3 Å². The molecule has 0 bridgehead atoms. The maximum Gasteiger partial charge on any atom is 0.226 e. The zero-order chi connectivity index (χ0) is 15.1. The van der Waals surface area contributed by atoms with Crippen LogP contribution in [0.3, 0.4) is 0 Å². The number of fused-ring (bicyclic) bond motifs is 1. The van der Waals surface area contributed by atoms with Crippen molar-refractivity contribution in [3.05, 3.63) is 47.4 Å². The van der Waals surface area contributed by atoms with Crippen molar-refractivity contribution in [2.24, 2.45) is 0 Å². The Labute approximate surface area is 127 Å². The van der Waals surface area contributed by atoms with Crippen molar-refractivity contribution in [2.75, 3.05) is 12.4 Å². The summed E-state index contributed by atoms with van der Waals surface area (Å²) in [5, 5.41) is 7.57. The van der Waals surface area contributed by atoms with Gasteiger partial charge in [-0.2, -0.15) is 10.1 Å². The van der Waals surface area contributed by atoms with Crippen molar-refractivity contribution in [3.8, 4) is 5.75 Å². The molecular weight excluding hydrogens is 280 g/mol. The number of benzene rings is 1. The molecule has 1 aliphatic heterocycles. The second kappa shape index (κ2) is 4.98. The molecule has 112 valence electrons. The summed E-state index contributed by atoms with van der Waals surface area (Å²) < 4.78 is 7.09. The van der Waals surface area contributed by atoms with Crippen LogP contribution in [0.2, 0.25) is 0 Å². The molecule has 0 unspecified atom stereocenters. The molecule has 2 aliphatic rings. The lowest BCUT2D eigenvalue weighted by atomic mass is 9.85. The van der Waals surface area contributed by atoms with E-state index in [-0.39, 0.29) is 11.8 Å². The number of rotatable bonds is 2. The minimum atomic E-state index is -0.239. The Morgan fingerprint density at radius 2 is 2.27 bits per heavy atom. The number of hydrogen-bond donors (Lipinski definition) is 1. The maximum atomic E-state index is 12.5. The van der Waals surface area contributed by atoms with Gasteiger partial charge >= 0.3 is 0 Å². The number of carbonyl (C=O) groups is 1. The fourth-order valence-corrected chi connectivity index (χ4v) is 3.22. The van der Waals surface area contributed by atoms with Gasteiger partial charge < -0.3 is 10.1 Å². The third-order valence-electron chi connectivity index (χ3n) is 4.22. The highest BCUT2D eigenvalue weighted by Crippen LogP contribution is 2.40. The molecule has 6 nitrogen and oxygen atoms in total. The van der Waals surface area contributed by atoms with Gasteiger partial charge in [0.15, 0.2) is 5.78 Å². The third-order valence-corrected chi connectivity index (χ3v) is 4.22. The van der Waals surface area contributed by atoms with E-state index in [4.69, 9.17) is 4.74 Å². The molecule has 0 radical (unpaired) electrons. The molecule has 2 heterocycles. The Balaban J connectivity index is 1.90. The van der Waals surface area contributed by atoms with E-state index in [0.29, 0.717) is 12.4 Å². The number of hydrogen-bond acceptors (Lipinski definition) is 5. The fourth-order valence-electron chi connectivity index (χ4n) is 3.22. The van der Waals surface area contributed by atoms with Gasteiger partial charge in [0.1, 0.15) is 18.1 Å². The summed E-state index contributed by atoms with van der Waals surface area (Å²) in [5.41, 5.74) is 2.76. The van der Waals surface area contributed by atoms with E-state index < -0.39 is 0 Å². The third kappa shape index (κ3) is 1.91. The second-order valence-electron chi connectivity index (χ2n) is 5.50. The van der Waals surface area contributed by atoms with Gasteiger partial charge in [-0.15, -0.1) is 0 Å². The van der Waals surface area contributed by atoms with Crippen LogP contribution < -0.4 is 10.1 Å². The highest BCUT2D eigenvalue weighted by molar-refractivity contribution is 5.99. The number of ketones is 1. The number of Topliss-reactive ketones (excluding diaryl/α,β-unsaturated/α-hetero) is 1. The van der Waals surface area contributed by atoms with Gasteiger partial charge in [0.2, 0.25) is 5.95 Å². The smallest absolute Gasteiger partial charge is 0.226 e. The number of nitrogens with one attached hydrogen (secondary N) is 1. The van der Waals surface area contributed by atoms with Crippen molar-refractivity contribution >= 4 is 11.7 Å². The van der Waals surface area contributed by atoms with Crippen molar-refractivity contribution in [1.29, 1.82) is 0 Å². The molecule has 22 heavy (non-hydrogen) atoms. The Morgan fingerprint density at radius 1 is 1.36 bits per heavy atom. The normalized spacial score (nSPS) is 20.2. The molecule has 0 saturated carbocycles. The molecule has 1 aromatic carbocycles. The monoisotopic (exact) mass is 296 g/mol. The van der Waals surface area contributed by atoms with Crippen LogP contribution in [0.1, 0.15) is 30.9 Å². The van der Waals surface area contributed by atoms with E-state index in [2.05, 4.69) is 15.4 Å². The van der Waals surface area contributed by atoms with Gasteiger partial charge in [-0.25, -0.2) is 4.68 Å². The predicted molar refractivity (Wildman–Crippen MR) is 80.7 cm³/mol. The summed E-state index contributed by atoms with van der Waals surface area (Å²) in [6.45, 7) is 0. The topological polar surface area (TPSA) is 69.0 Å². The fraction of sp³-hybridized carbons (Fsp3) is 0.312. The van der Waals surface area contributed by atoms with Crippen molar-refractivity contribution in [1.82, 2.24) is 14.8 Å². The number of methoxy groups -OCH3 is 1. The average molecular weight is 296 g/mol. The van der Waals surface area contributed by atoms with Crippen LogP contribution in [-0.2, 0) is 4.79 Å². The Kier molecular flexibility index (Phi) is 2.96. The van der Waals surface area contributed by atoms with Gasteiger partial charge in [0, 0.05) is 17.7 Å². The van der Waals surface area contributed by atoms with Crippen molar-refractivity contribution in [3.63, 3.8) is 0 Å². The molecule has 1 aromatic heterocycles. The number of ether oxygens (including phenoxy) is 1. The molecule has 6 heteroatoms. The number of carbonyl (C=O) groups excluding carboxylic acids is 1. The maximum absolute atomic E-state index is 12.5. The second-order valence-corrected chi connectivity index (χ2v) is 5.50. The Morgan fingerprint density at radius 3 is 3.14 bits per heavy atom. The van der Waals surface area contributed by atoms with Gasteiger partial charge in [0.25, 0.3) is 0 Å². The standard InChI is InChI=1S/C16H16N4O2/c1-22-11-5-2-4-10(8-11)15-14-12(6-3-7-13(14)21)19-16-17-9-18-20(15)16/h2,4-5,8-9,15H,3,6-7H2,1H3,(H,17,18,19)/t15-/m1/s1. The zero-order valence-corrected chi connectivity index (χ0v) is 12.2. The first-order valence-corrected chi connectivity index (χ1v) is 7.34. The molecule has 0 amide bonds. The summed E-state index contributed by atoms with van der Waals surface area (Å²) in [6.07, 6.45) is 3.85. The number of anilines is 1. The SMILES string of the molecule is COc1cccc([C@@H]2C3=C(CCCC3=O)Nc3ncnn32)c1. The van der Waals surface area contributed by atoms with Crippen LogP contribution >= 0.6 is 0 Å². The van der Waals surface area contributed by atoms with Crippen LogP contribution in [0.5, 0.6) is 5.75 Å². The average Bonchev–Trinajstić information content (AvgIpc) is 3.01. The molecule has 1 aliphatic carbocycles. The first-order valence-electron chi connectivity index (χ1n) is 7.34. The summed E-state index contributed by atoms with van der Waals surface area (Å²) in [4.78, 5) is 16.8. The minimum Gasteiger partial charge on any atom is -0.497 e. The van der Waals surface area contributed by atoms with Gasteiger partial charge in [-0.3, -0.25) is 4.79 Å². The zero-order valence-electron chi connectivity index (χ0n) is 12.2. The van der Waals surface area contributed by atoms with Crippen molar-refractivity contribution < 1.29 is 9.53 Å². The quantitative estimate of drug-likeness (QED) is 0.921. The van der Waals surface area contributed by atoms with Crippen LogP contribution in [-0.4, -0.2) is 27.7 Å². The highest BCUT2D eigenvalue weighted by atomic mass is 16.5. The molecule has 1 atom stereocenters. The first kappa shape index (κ1) is 13.1. The molecule has 0 spiro atoms. The summed E-state index contributed by atoms with van der Waals surface area (Å²) in [7, 11) is 1.64. The summed E-state index contributed by atoms with van der Waals surface area (Å²) >= 11 is 0. The number of aromatic nitrogens is 3. The lowest BCUT2D eigenvalue weighted by Crippen LogP contribution is -2.31. The van der Waals surface area contributed by atoms with E-state index in [0.717, 1.165) is 35.4 Å². The van der Waals surface area contributed by atoms with Crippen LogP contribution in [0, 0.1) is 0 Å². The lowest BCUT2D eigenvalue weighted by Gasteiger charge is -2.32. The Hall–Kier alpha value is -2.63. The summed E-state index contributed by atoms with van der Waals surface area (Å²) in [5.74, 6) is 1.63. The molecule has 1 N–H and O–H groups in total. The number of nitrogens with zero attached hydrogens (tertiary/aromatic N) is 3. The van der Waals surface area contributed by atoms with Gasteiger partial charge in [-0.1, -0.05) is 12.1 Å². The molecule has 2 aromatic rings. The van der Waals surface area contributed by atoms with E-state index in [9.17, 15) is 4.79 Å². The van der Waals surface area contributed by atoms with Gasteiger partial charge in [-0.05, 0) is 30.5 Å². The molecular formula is C16H16N4O2. The van der Waals surface area contributed by atoms with E-state index >= 15 is 0 Å². The highest BCUT2D eigenvalue weighted by Gasteiger charge is 2.36. The summed E-state index contributed by atoms with van der Waals surface area (Å²) in [6, 6.07) is 7.53. The van der Waals surface area contributed by atoms with Crippen LogP contribution in [0.25, 0.3) is 0 Å². The minimum absolute atomic E-state index is 0.183. The molecule has 0 fully saturated rings. The molecule has 0 saturated heterocycles. The van der Waals surface area contributed by atoms with E-state index in [1.807, 2.05) is 24.3 Å². The van der Waals surface area contributed by atoms with Crippen LogP contribution in [0.4, 0.5) is 5.95 Å². The largest absolute Gasteiger partial charge is 0.497 e. The lowest BCUT2D eigenvalue weighted by molar-refractivity contribution is -0.116. The van der Waals surface area contributed by atoms with Gasteiger partial charge in [0.05, 0.1) is 7.11 Å².